The van der Waals surface area contributed by atoms with Crippen LogP contribution in [0.3, 0.4) is 0 Å². The Morgan fingerprint density at radius 2 is 1.59 bits per heavy atom. The van der Waals surface area contributed by atoms with E-state index in [4.69, 9.17) is 4.74 Å². The maximum Gasteiger partial charge on any atom is 0.573 e. The number of benzene rings is 3. The van der Waals surface area contributed by atoms with Gasteiger partial charge in [-0.05, 0) is 48.5 Å². The van der Waals surface area contributed by atoms with Crippen molar-refractivity contribution in [2.24, 2.45) is 0 Å². The normalized spacial score (nSPS) is 10.9. The molecular formula is C24H17F3N2O7S. The highest BCUT2D eigenvalue weighted by molar-refractivity contribution is 8.00. The van der Waals surface area contributed by atoms with Crippen LogP contribution in [0.4, 0.5) is 24.5 Å². The molecule has 1 amide bonds. The van der Waals surface area contributed by atoms with Crippen molar-refractivity contribution in [3.63, 3.8) is 0 Å². The van der Waals surface area contributed by atoms with Gasteiger partial charge in [0.1, 0.15) is 5.75 Å². The molecule has 13 heteroatoms. The molecule has 9 nitrogen and oxygen atoms in total. The van der Waals surface area contributed by atoms with E-state index in [2.05, 4.69) is 10.1 Å². The Balaban J connectivity index is 1.54. The van der Waals surface area contributed by atoms with Crippen LogP contribution < -0.4 is 10.1 Å². The van der Waals surface area contributed by atoms with Crippen molar-refractivity contribution >= 4 is 40.8 Å². The van der Waals surface area contributed by atoms with Gasteiger partial charge in [-0.15, -0.1) is 24.9 Å². The van der Waals surface area contributed by atoms with Crippen molar-refractivity contribution < 1.29 is 42.0 Å². The number of alkyl halides is 3. The summed E-state index contributed by atoms with van der Waals surface area (Å²) in [6.07, 6.45) is -4.83. The molecule has 0 aliphatic rings. The number of nitro benzene ring substituents is 1. The summed E-state index contributed by atoms with van der Waals surface area (Å²) in [4.78, 5) is 47.6. The molecule has 0 heterocycles. The molecule has 0 radical (unpaired) electrons. The second kappa shape index (κ2) is 12.0. The summed E-state index contributed by atoms with van der Waals surface area (Å²) < 4.78 is 45.6. The average Bonchev–Trinajstić information content (AvgIpc) is 2.86. The first-order valence-corrected chi connectivity index (χ1v) is 11.3. The zero-order valence-corrected chi connectivity index (χ0v) is 19.5. The highest BCUT2D eigenvalue weighted by Gasteiger charge is 2.31. The summed E-state index contributed by atoms with van der Waals surface area (Å²) in [6, 6.07) is 15.7. The molecule has 3 aromatic carbocycles. The standard InChI is InChI=1S/C24H17F3N2O7S/c25-24(26,27)36-18-11-7-16(8-12-18)28-22(31)14-37-21-4-2-1-3-19(21)23(32)35-13-20(30)15-5-9-17(10-6-15)29(33)34/h1-12H,13-14H2,(H,28,31). The number of ketones is 1. The molecule has 0 aromatic heterocycles. The first-order valence-electron chi connectivity index (χ1n) is 10.3. The quantitative estimate of drug-likeness (QED) is 0.123. The Morgan fingerprint density at radius 3 is 2.22 bits per heavy atom. The van der Waals surface area contributed by atoms with Gasteiger partial charge in [-0.25, -0.2) is 4.79 Å². The highest BCUT2D eigenvalue weighted by Crippen LogP contribution is 2.26. The number of amides is 1. The molecule has 0 spiro atoms. The molecule has 3 rings (SSSR count). The van der Waals surface area contributed by atoms with Crippen molar-refractivity contribution in [3.05, 3.63) is 94.0 Å². The number of non-ortho nitro benzene ring substituents is 1. The predicted octanol–water partition coefficient (Wildman–Crippen LogP) is 5.26. The summed E-state index contributed by atoms with van der Waals surface area (Å²) in [5, 5.41) is 13.2. The lowest BCUT2D eigenvalue weighted by molar-refractivity contribution is -0.384. The number of esters is 1. The fraction of sp³-hybridized carbons (Fsp3) is 0.125. The SMILES string of the molecule is O=C(CSc1ccccc1C(=O)OCC(=O)c1ccc([N+](=O)[O-])cc1)Nc1ccc(OC(F)(F)F)cc1. The number of ether oxygens (including phenoxy) is 2. The number of nitrogens with zero attached hydrogens (tertiary/aromatic N) is 1. The van der Waals surface area contributed by atoms with Crippen molar-refractivity contribution in [2.75, 3.05) is 17.7 Å². The van der Waals surface area contributed by atoms with Gasteiger partial charge in [0.15, 0.2) is 12.4 Å². The molecule has 0 saturated heterocycles. The van der Waals surface area contributed by atoms with Crippen molar-refractivity contribution in [2.45, 2.75) is 11.3 Å². The Labute approximate surface area is 211 Å². The molecule has 192 valence electrons. The lowest BCUT2D eigenvalue weighted by Gasteiger charge is -2.11. The summed E-state index contributed by atoms with van der Waals surface area (Å²) >= 11 is 1.01. The zero-order valence-electron chi connectivity index (χ0n) is 18.7. The van der Waals surface area contributed by atoms with Crippen LogP contribution in [0.5, 0.6) is 5.75 Å². The molecule has 0 bridgehead atoms. The average molecular weight is 534 g/mol. The third kappa shape index (κ3) is 8.35. The van der Waals surface area contributed by atoms with Gasteiger partial charge in [0.05, 0.1) is 16.2 Å². The van der Waals surface area contributed by atoms with Crippen molar-refractivity contribution in [1.29, 1.82) is 0 Å². The van der Waals surface area contributed by atoms with Crippen molar-refractivity contribution in [1.82, 2.24) is 0 Å². The summed E-state index contributed by atoms with van der Waals surface area (Å²) in [5.41, 5.74) is 0.315. The molecule has 1 N–H and O–H groups in total. The molecular weight excluding hydrogens is 517 g/mol. The molecule has 0 unspecified atom stereocenters. The number of halogens is 3. The largest absolute Gasteiger partial charge is 0.573 e. The second-order valence-corrected chi connectivity index (χ2v) is 8.23. The Kier molecular flexibility index (Phi) is 8.85. The Bertz CT molecular complexity index is 1300. The Morgan fingerprint density at radius 1 is 0.946 bits per heavy atom. The maximum absolute atomic E-state index is 12.5. The zero-order chi connectivity index (χ0) is 27.0. The van der Waals surface area contributed by atoms with E-state index in [9.17, 15) is 37.7 Å². The van der Waals surface area contributed by atoms with E-state index in [1.165, 1.54) is 30.3 Å². The molecule has 0 atom stereocenters. The number of Topliss-reactive ketones (excluding diaryl/α,β-unsaturated/α-hetero) is 1. The third-order valence-electron chi connectivity index (χ3n) is 4.57. The minimum atomic E-state index is -4.83. The van der Waals surface area contributed by atoms with Crippen LogP contribution in [0, 0.1) is 10.1 Å². The number of carbonyl (C=O) groups is 3. The van der Waals surface area contributed by atoms with Crippen LogP contribution in [0.1, 0.15) is 20.7 Å². The Hall–Kier alpha value is -4.39. The number of nitro groups is 1. The topological polar surface area (TPSA) is 125 Å². The van der Waals surface area contributed by atoms with Crippen LogP contribution in [0.15, 0.2) is 77.7 Å². The molecule has 0 fully saturated rings. The molecule has 3 aromatic rings. The van der Waals surface area contributed by atoms with Crippen molar-refractivity contribution in [3.8, 4) is 5.75 Å². The fourth-order valence-corrected chi connectivity index (χ4v) is 3.74. The summed E-state index contributed by atoms with van der Waals surface area (Å²) in [6.45, 7) is -0.593. The number of rotatable bonds is 10. The van der Waals surface area contributed by atoms with E-state index < -0.39 is 41.3 Å². The number of thioether (sulfide) groups is 1. The second-order valence-electron chi connectivity index (χ2n) is 7.21. The van der Waals surface area contributed by atoms with Gasteiger partial charge in [0.25, 0.3) is 5.69 Å². The van der Waals surface area contributed by atoms with E-state index in [0.717, 1.165) is 36.0 Å². The van der Waals surface area contributed by atoms with Gasteiger partial charge in [-0.1, -0.05) is 12.1 Å². The van der Waals surface area contributed by atoms with Gasteiger partial charge < -0.3 is 14.8 Å². The first-order chi connectivity index (χ1) is 17.5. The van der Waals surface area contributed by atoms with E-state index >= 15 is 0 Å². The lowest BCUT2D eigenvalue weighted by atomic mass is 10.1. The van der Waals surface area contributed by atoms with Gasteiger partial charge in [-0.2, -0.15) is 0 Å². The van der Waals surface area contributed by atoms with Crippen LogP contribution in [-0.2, 0) is 9.53 Å². The maximum atomic E-state index is 12.5. The first kappa shape index (κ1) is 27.2. The lowest BCUT2D eigenvalue weighted by Crippen LogP contribution is -2.17. The monoisotopic (exact) mass is 534 g/mol. The van der Waals surface area contributed by atoms with E-state index in [1.54, 1.807) is 18.2 Å². The highest BCUT2D eigenvalue weighted by atomic mass is 32.2. The molecule has 37 heavy (non-hydrogen) atoms. The van der Waals surface area contributed by atoms with Gasteiger partial charge in [0.2, 0.25) is 5.91 Å². The minimum absolute atomic E-state index is 0.116. The predicted molar refractivity (Wildman–Crippen MR) is 127 cm³/mol. The molecule has 0 saturated carbocycles. The van der Waals surface area contributed by atoms with E-state index in [1.807, 2.05) is 0 Å². The minimum Gasteiger partial charge on any atom is -0.454 e. The number of carbonyl (C=O) groups excluding carboxylic acids is 3. The van der Waals surface area contributed by atoms with Crippen LogP contribution in [-0.4, -0.2) is 41.3 Å². The van der Waals surface area contributed by atoms with Gasteiger partial charge in [-0.3, -0.25) is 19.7 Å². The summed E-state index contributed by atoms with van der Waals surface area (Å²) in [7, 11) is 0. The third-order valence-corrected chi connectivity index (χ3v) is 5.65. The van der Waals surface area contributed by atoms with Crippen LogP contribution in [0.2, 0.25) is 0 Å². The van der Waals surface area contributed by atoms with E-state index in [-0.39, 0.29) is 28.3 Å². The van der Waals surface area contributed by atoms with Crippen LogP contribution in [0.25, 0.3) is 0 Å². The molecule has 0 aliphatic carbocycles. The van der Waals surface area contributed by atoms with Gasteiger partial charge >= 0.3 is 12.3 Å². The number of anilines is 1. The fourth-order valence-electron chi connectivity index (χ4n) is 2.90. The van der Waals surface area contributed by atoms with Gasteiger partial charge in [0, 0.05) is 28.3 Å². The smallest absolute Gasteiger partial charge is 0.454 e. The number of nitrogens with one attached hydrogen (secondary N) is 1. The molecule has 0 aliphatic heterocycles. The summed E-state index contributed by atoms with van der Waals surface area (Å²) in [5.74, 6) is -2.41. The number of hydrogen-bond donors (Lipinski definition) is 1. The van der Waals surface area contributed by atoms with Crippen LogP contribution >= 0.6 is 11.8 Å². The number of hydrogen-bond acceptors (Lipinski definition) is 8. The van der Waals surface area contributed by atoms with E-state index in [0.29, 0.717) is 4.90 Å².